The maximum absolute atomic E-state index is 13.7. The number of benzene rings is 2. The van der Waals surface area contributed by atoms with Crippen LogP contribution in [0.15, 0.2) is 70.6 Å². The van der Waals surface area contributed by atoms with Gasteiger partial charge in [0.1, 0.15) is 4.83 Å². The van der Waals surface area contributed by atoms with Gasteiger partial charge in [0.05, 0.1) is 22.5 Å². The first kappa shape index (κ1) is 19.4. The number of thiophene rings is 1. The second-order valence-electron chi connectivity index (χ2n) is 7.54. The van der Waals surface area contributed by atoms with Gasteiger partial charge in [-0.3, -0.25) is 9.36 Å². The van der Waals surface area contributed by atoms with Crippen LogP contribution in [0.3, 0.4) is 0 Å². The lowest BCUT2D eigenvalue weighted by Gasteiger charge is -2.12. The summed E-state index contributed by atoms with van der Waals surface area (Å²) in [5, 5.41) is 13.6. The first-order chi connectivity index (χ1) is 15.8. The highest BCUT2D eigenvalue weighted by Crippen LogP contribution is 2.36. The average molecular weight is 459 g/mol. The molecule has 9 heteroatoms. The molecule has 1 aliphatic carbocycles. The lowest BCUT2D eigenvalue weighted by Crippen LogP contribution is -2.22. The Bertz CT molecular complexity index is 1470. The van der Waals surface area contributed by atoms with E-state index in [0.29, 0.717) is 16.7 Å². The number of fused-ring (bicyclic) bond motifs is 3. The maximum atomic E-state index is 13.7. The monoisotopic (exact) mass is 458 g/mol. The van der Waals surface area contributed by atoms with E-state index in [1.54, 1.807) is 20.6 Å². The Labute approximate surface area is 191 Å². The molecule has 32 heavy (non-hydrogen) atoms. The van der Waals surface area contributed by atoms with Crippen LogP contribution >= 0.6 is 23.1 Å². The Morgan fingerprint density at radius 3 is 2.50 bits per heavy atom. The van der Waals surface area contributed by atoms with Crippen molar-refractivity contribution in [2.24, 2.45) is 0 Å². The second kappa shape index (κ2) is 7.99. The number of aryl methyl sites for hydroxylation is 2. The summed E-state index contributed by atoms with van der Waals surface area (Å²) in [7, 11) is 0. The summed E-state index contributed by atoms with van der Waals surface area (Å²) >= 11 is 3.13. The minimum Gasteiger partial charge on any atom is -0.268 e. The predicted octanol–water partition coefficient (Wildman–Crippen LogP) is 4.20. The third-order valence-corrected chi connectivity index (χ3v) is 7.71. The van der Waals surface area contributed by atoms with Crippen LogP contribution < -0.4 is 5.56 Å². The van der Waals surface area contributed by atoms with Crippen molar-refractivity contribution in [2.45, 2.75) is 30.2 Å². The van der Waals surface area contributed by atoms with E-state index in [1.807, 2.05) is 60.7 Å². The largest absolute Gasteiger partial charge is 0.268 e. The van der Waals surface area contributed by atoms with Crippen LogP contribution in [0.2, 0.25) is 0 Å². The molecule has 6 rings (SSSR count). The molecule has 5 aromatic rings. The number of rotatable bonds is 5. The van der Waals surface area contributed by atoms with E-state index in [1.165, 1.54) is 22.2 Å². The Morgan fingerprint density at radius 1 is 0.969 bits per heavy atom. The molecule has 0 bridgehead atoms. The zero-order valence-corrected chi connectivity index (χ0v) is 18.6. The Balaban J connectivity index is 1.44. The van der Waals surface area contributed by atoms with E-state index >= 15 is 0 Å². The molecule has 0 amide bonds. The molecule has 0 saturated heterocycles. The minimum atomic E-state index is 0.00533. The summed E-state index contributed by atoms with van der Waals surface area (Å²) in [5.74, 6) is 1.18. The van der Waals surface area contributed by atoms with Gasteiger partial charge in [0, 0.05) is 4.88 Å². The highest BCUT2D eigenvalue weighted by Gasteiger charge is 2.24. The third kappa shape index (κ3) is 3.25. The smallest absolute Gasteiger partial charge is 0.267 e. The van der Waals surface area contributed by atoms with Crippen LogP contribution in [-0.4, -0.2) is 29.8 Å². The van der Waals surface area contributed by atoms with Gasteiger partial charge < -0.3 is 0 Å². The van der Waals surface area contributed by atoms with Crippen LogP contribution in [0, 0.1) is 0 Å². The molecule has 0 atom stereocenters. The molecule has 0 aliphatic heterocycles. The van der Waals surface area contributed by atoms with E-state index in [9.17, 15) is 4.79 Å². The van der Waals surface area contributed by atoms with Gasteiger partial charge in [0.2, 0.25) is 0 Å². The molecular weight excluding hydrogens is 440 g/mol. The molecule has 0 unspecified atom stereocenters. The SMILES string of the molecule is O=c1c2c3c(sc2nc(SCc2nnnn2-c2ccccc2)n1-c1ccccc1)CCC3. The fourth-order valence-electron chi connectivity index (χ4n) is 4.12. The summed E-state index contributed by atoms with van der Waals surface area (Å²) in [6, 6.07) is 19.5. The number of aromatic nitrogens is 6. The molecule has 3 heterocycles. The molecule has 0 N–H and O–H groups in total. The Morgan fingerprint density at radius 2 is 1.72 bits per heavy atom. The molecule has 158 valence electrons. The van der Waals surface area contributed by atoms with E-state index in [2.05, 4.69) is 15.5 Å². The molecule has 1 aliphatic rings. The molecule has 3 aromatic heterocycles. The van der Waals surface area contributed by atoms with Crippen LogP contribution in [0.4, 0.5) is 0 Å². The number of para-hydroxylation sites is 2. The first-order valence-corrected chi connectivity index (χ1v) is 12.2. The molecule has 0 radical (unpaired) electrons. The number of nitrogens with zero attached hydrogens (tertiary/aromatic N) is 6. The van der Waals surface area contributed by atoms with Gasteiger partial charge in [-0.05, 0) is 59.5 Å². The van der Waals surface area contributed by atoms with Crippen molar-refractivity contribution in [3.63, 3.8) is 0 Å². The maximum Gasteiger partial charge on any atom is 0.267 e. The average Bonchev–Trinajstić information content (AvgIpc) is 3.55. The van der Waals surface area contributed by atoms with Crippen molar-refractivity contribution in [3.05, 3.63) is 87.3 Å². The van der Waals surface area contributed by atoms with E-state index in [4.69, 9.17) is 4.98 Å². The molecule has 2 aromatic carbocycles. The summed E-state index contributed by atoms with van der Waals surface area (Å²) in [6.45, 7) is 0. The summed E-state index contributed by atoms with van der Waals surface area (Å²) in [4.78, 5) is 20.8. The standard InChI is InChI=1S/C23H18N6OS2/c30-22-20-17-12-7-13-18(17)32-21(20)24-23(28(22)15-8-3-1-4-9-15)31-14-19-25-26-27-29(19)16-10-5-2-6-11-16/h1-6,8-11H,7,12-14H2. The van der Waals surface area contributed by atoms with Crippen molar-refractivity contribution < 1.29 is 0 Å². The van der Waals surface area contributed by atoms with Crippen molar-refractivity contribution in [1.82, 2.24) is 29.8 Å². The van der Waals surface area contributed by atoms with Gasteiger partial charge in [-0.15, -0.1) is 16.4 Å². The van der Waals surface area contributed by atoms with E-state index in [-0.39, 0.29) is 5.56 Å². The highest BCUT2D eigenvalue weighted by molar-refractivity contribution is 7.98. The fraction of sp³-hybridized carbons (Fsp3) is 0.174. The van der Waals surface area contributed by atoms with Gasteiger partial charge in [-0.25, -0.2) is 4.98 Å². The van der Waals surface area contributed by atoms with Crippen molar-refractivity contribution >= 4 is 33.3 Å². The van der Waals surface area contributed by atoms with Crippen LogP contribution in [-0.2, 0) is 18.6 Å². The van der Waals surface area contributed by atoms with Gasteiger partial charge in [0.15, 0.2) is 11.0 Å². The number of hydrogen-bond acceptors (Lipinski definition) is 7. The number of hydrogen-bond donors (Lipinski definition) is 0. The summed E-state index contributed by atoms with van der Waals surface area (Å²) < 4.78 is 3.45. The summed E-state index contributed by atoms with van der Waals surface area (Å²) in [5.41, 5.74) is 2.91. The van der Waals surface area contributed by atoms with Crippen LogP contribution in [0.25, 0.3) is 21.6 Å². The van der Waals surface area contributed by atoms with Gasteiger partial charge in [-0.2, -0.15) is 4.68 Å². The molecule has 7 nitrogen and oxygen atoms in total. The van der Waals surface area contributed by atoms with Crippen molar-refractivity contribution in [1.29, 1.82) is 0 Å². The number of thioether (sulfide) groups is 1. The number of tetrazole rings is 1. The van der Waals surface area contributed by atoms with E-state index in [0.717, 1.165) is 40.9 Å². The Kier molecular flexibility index (Phi) is 4.84. The summed E-state index contributed by atoms with van der Waals surface area (Å²) in [6.07, 6.45) is 3.11. The van der Waals surface area contributed by atoms with Crippen LogP contribution in [0.5, 0.6) is 0 Å². The third-order valence-electron chi connectivity index (χ3n) is 5.59. The zero-order valence-electron chi connectivity index (χ0n) is 17.0. The van der Waals surface area contributed by atoms with Gasteiger partial charge in [0.25, 0.3) is 5.56 Å². The fourth-order valence-corrected chi connectivity index (χ4v) is 6.34. The van der Waals surface area contributed by atoms with Gasteiger partial charge in [-0.1, -0.05) is 48.2 Å². The minimum absolute atomic E-state index is 0.00533. The molecule has 0 saturated carbocycles. The lowest BCUT2D eigenvalue weighted by atomic mass is 10.2. The Hall–Kier alpha value is -3.30. The lowest BCUT2D eigenvalue weighted by molar-refractivity contribution is 0.776. The van der Waals surface area contributed by atoms with Gasteiger partial charge >= 0.3 is 0 Å². The van der Waals surface area contributed by atoms with Crippen LogP contribution in [0.1, 0.15) is 22.7 Å². The molecule has 0 spiro atoms. The first-order valence-electron chi connectivity index (χ1n) is 10.4. The van der Waals surface area contributed by atoms with E-state index < -0.39 is 0 Å². The van der Waals surface area contributed by atoms with Crippen molar-refractivity contribution in [2.75, 3.05) is 0 Å². The topological polar surface area (TPSA) is 78.5 Å². The predicted molar refractivity (Wildman–Crippen MR) is 126 cm³/mol. The normalized spacial score (nSPS) is 13.0. The molecular formula is C23H18N6OS2. The highest BCUT2D eigenvalue weighted by atomic mass is 32.2. The quantitative estimate of drug-likeness (QED) is 0.290. The zero-order chi connectivity index (χ0) is 21.5. The van der Waals surface area contributed by atoms with Crippen molar-refractivity contribution in [3.8, 4) is 11.4 Å². The molecule has 0 fully saturated rings. The second-order valence-corrected chi connectivity index (χ2v) is 9.57.